The highest BCUT2D eigenvalue weighted by Crippen LogP contribution is 2.25. The van der Waals surface area contributed by atoms with Crippen LogP contribution in [0.2, 0.25) is 0 Å². The van der Waals surface area contributed by atoms with Crippen molar-refractivity contribution >= 4 is 40.1 Å². The monoisotopic (exact) mass is 534 g/mol. The highest BCUT2D eigenvalue weighted by Gasteiger charge is 2.24. The van der Waals surface area contributed by atoms with Crippen LogP contribution in [-0.4, -0.2) is 38.2 Å². The van der Waals surface area contributed by atoms with Gasteiger partial charge in [-0.2, -0.15) is 5.10 Å². The van der Waals surface area contributed by atoms with Crippen LogP contribution >= 0.6 is 22.6 Å². The molecule has 3 aromatic heterocycles. The van der Waals surface area contributed by atoms with Gasteiger partial charge in [-0.25, -0.2) is 4.98 Å². The normalized spacial score (nSPS) is 10.7. The Balaban J connectivity index is 1.98. The van der Waals surface area contributed by atoms with E-state index in [1.807, 2.05) is 32.0 Å². The van der Waals surface area contributed by atoms with Gasteiger partial charge in [0.05, 0.1) is 30.2 Å². The summed E-state index contributed by atoms with van der Waals surface area (Å²) >= 11 is 2.08. The molecule has 0 aliphatic rings. The Bertz CT molecular complexity index is 1080. The number of nitrogens with zero attached hydrogens (tertiary/aromatic N) is 4. The van der Waals surface area contributed by atoms with Crippen LogP contribution in [0.25, 0.3) is 0 Å². The van der Waals surface area contributed by atoms with E-state index < -0.39 is 11.8 Å². The Morgan fingerprint density at radius 3 is 2.71 bits per heavy atom. The fraction of sp³-hybridized carbons (Fsp3) is 0.286. The van der Waals surface area contributed by atoms with E-state index in [2.05, 4.69) is 43.0 Å². The molecule has 0 saturated heterocycles. The van der Waals surface area contributed by atoms with Crippen molar-refractivity contribution in [1.82, 2.24) is 19.7 Å². The smallest absolute Gasteiger partial charge is 0.271 e. The maximum Gasteiger partial charge on any atom is 0.271 e. The number of nitrogens with one attached hydrogen (secondary N) is 1. The van der Waals surface area contributed by atoms with Gasteiger partial charge in [-0.1, -0.05) is 19.9 Å². The third-order valence-corrected chi connectivity index (χ3v) is 5.00. The van der Waals surface area contributed by atoms with Gasteiger partial charge in [0.25, 0.3) is 11.8 Å². The van der Waals surface area contributed by atoms with E-state index in [1.54, 1.807) is 23.1 Å². The molecule has 0 aliphatic heterocycles. The van der Waals surface area contributed by atoms with Crippen LogP contribution in [0.4, 0.5) is 5.69 Å². The molecule has 0 aromatic carbocycles. The molecule has 0 unspecified atom stereocenters. The molecule has 3 rings (SSSR count). The Morgan fingerprint density at radius 2 is 2.06 bits per heavy atom. The molecular formula is C21H23IN6O3. The number of carbonyl (C=O) groups is 2. The first-order valence-electron chi connectivity index (χ1n) is 9.83. The van der Waals surface area contributed by atoms with Crippen molar-refractivity contribution in [3.05, 3.63) is 62.9 Å². The molecular weight excluding hydrogens is 511 g/mol. The second-order valence-electron chi connectivity index (χ2n) is 6.68. The molecule has 31 heavy (non-hydrogen) atoms. The molecule has 3 N–H and O–H groups in total. The average Bonchev–Trinajstić information content (AvgIpc) is 3.10. The first kappa shape index (κ1) is 22.7. The summed E-state index contributed by atoms with van der Waals surface area (Å²) in [5, 5.41) is 7.16. The van der Waals surface area contributed by atoms with E-state index in [4.69, 9.17) is 10.5 Å². The summed E-state index contributed by atoms with van der Waals surface area (Å²) in [5.41, 5.74) is 7.55. The first-order valence-corrected chi connectivity index (χ1v) is 10.9. The first-order chi connectivity index (χ1) is 14.9. The Kier molecular flexibility index (Phi) is 7.55. The van der Waals surface area contributed by atoms with Gasteiger partial charge in [-0.15, -0.1) is 0 Å². The maximum atomic E-state index is 13.1. The molecule has 0 radical (unpaired) electrons. The molecule has 3 heterocycles. The van der Waals surface area contributed by atoms with Crippen LogP contribution in [0.15, 0.2) is 36.7 Å². The number of rotatable bonds is 9. The number of hydrogen-bond donors (Lipinski definition) is 2. The number of halogens is 1. The number of ether oxygens (including phenoxy) is 1. The standard InChI is InChI=1S/C21H23IN6O3/c1-3-9-31-21-15(10-13(22)11-25-21)20(30)26-17-16(4-2)28(27-18(17)19(23)29)12-14-7-5-6-8-24-14/h5-8,10-11H,3-4,9,12H2,1-2H3,(H2,23,29)(H,26,30). The van der Waals surface area contributed by atoms with E-state index in [0.29, 0.717) is 25.3 Å². The molecule has 0 saturated carbocycles. The summed E-state index contributed by atoms with van der Waals surface area (Å²) in [5.74, 6) is -0.945. The van der Waals surface area contributed by atoms with Gasteiger partial charge in [0.2, 0.25) is 5.88 Å². The number of pyridine rings is 2. The van der Waals surface area contributed by atoms with E-state index >= 15 is 0 Å². The van der Waals surface area contributed by atoms with Crippen LogP contribution in [0.3, 0.4) is 0 Å². The highest BCUT2D eigenvalue weighted by molar-refractivity contribution is 14.1. The minimum Gasteiger partial charge on any atom is -0.477 e. The Morgan fingerprint density at radius 1 is 1.26 bits per heavy atom. The van der Waals surface area contributed by atoms with E-state index in [9.17, 15) is 9.59 Å². The van der Waals surface area contributed by atoms with Crippen LogP contribution in [0, 0.1) is 3.57 Å². The molecule has 9 nitrogen and oxygen atoms in total. The number of anilines is 1. The second-order valence-corrected chi connectivity index (χ2v) is 7.92. The molecule has 0 atom stereocenters. The SMILES string of the molecule is CCCOc1ncc(I)cc1C(=O)Nc1c(C(N)=O)nn(Cc2ccccn2)c1CC. The third kappa shape index (κ3) is 5.37. The average molecular weight is 534 g/mol. The van der Waals surface area contributed by atoms with Crippen molar-refractivity contribution in [3.63, 3.8) is 0 Å². The zero-order valence-electron chi connectivity index (χ0n) is 17.3. The topological polar surface area (TPSA) is 125 Å². The summed E-state index contributed by atoms with van der Waals surface area (Å²) in [6.45, 7) is 4.66. The van der Waals surface area contributed by atoms with E-state index in [1.165, 1.54) is 0 Å². The molecule has 2 amide bonds. The summed E-state index contributed by atoms with van der Waals surface area (Å²) in [6, 6.07) is 7.23. The number of carbonyl (C=O) groups excluding carboxylic acids is 2. The highest BCUT2D eigenvalue weighted by atomic mass is 127. The van der Waals surface area contributed by atoms with E-state index in [-0.39, 0.29) is 22.8 Å². The molecule has 0 spiro atoms. The molecule has 0 fully saturated rings. The number of aromatic nitrogens is 4. The summed E-state index contributed by atoms with van der Waals surface area (Å²) in [7, 11) is 0. The van der Waals surface area contributed by atoms with Crippen molar-refractivity contribution < 1.29 is 14.3 Å². The predicted octanol–water partition coefficient (Wildman–Crippen LogP) is 3.03. The summed E-state index contributed by atoms with van der Waals surface area (Å²) in [6.07, 6.45) is 4.61. The molecule has 162 valence electrons. The van der Waals surface area contributed by atoms with E-state index in [0.717, 1.165) is 15.7 Å². The van der Waals surface area contributed by atoms with Crippen LogP contribution in [-0.2, 0) is 13.0 Å². The minimum atomic E-state index is -0.729. The van der Waals surface area contributed by atoms with Gasteiger partial charge in [0.1, 0.15) is 5.56 Å². The second kappa shape index (κ2) is 10.3. The van der Waals surface area contributed by atoms with Gasteiger partial charge in [0.15, 0.2) is 5.69 Å². The zero-order valence-corrected chi connectivity index (χ0v) is 19.4. The van der Waals surface area contributed by atoms with Gasteiger partial charge in [-0.3, -0.25) is 19.3 Å². The lowest BCUT2D eigenvalue weighted by molar-refractivity contribution is 0.0995. The van der Waals surface area contributed by atoms with Crippen LogP contribution in [0.1, 0.15) is 52.5 Å². The van der Waals surface area contributed by atoms with Gasteiger partial charge in [0, 0.05) is 16.0 Å². The Hall–Kier alpha value is -3.02. The van der Waals surface area contributed by atoms with Gasteiger partial charge < -0.3 is 15.8 Å². The fourth-order valence-electron chi connectivity index (χ4n) is 3.02. The zero-order chi connectivity index (χ0) is 22.4. The predicted molar refractivity (Wildman–Crippen MR) is 124 cm³/mol. The number of primary amides is 1. The van der Waals surface area contributed by atoms with Crippen molar-refractivity contribution in [1.29, 1.82) is 0 Å². The number of amides is 2. The molecule has 10 heteroatoms. The molecule has 3 aromatic rings. The van der Waals surface area contributed by atoms with Crippen molar-refractivity contribution in [2.45, 2.75) is 33.2 Å². The van der Waals surface area contributed by atoms with Crippen molar-refractivity contribution in [2.75, 3.05) is 11.9 Å². The largest absolute Gasteiger partial charge is 0.477 e. The van der Waals surface area contributed by atoms with Crippen LogP contribution in [0.5, 0.6) is 5.88 Å². The lowest BCUT2D eigenvalue weighted by Crippen LogP contribution is -2.19. The quantitative estimate of drug-likeness (QED) is 0.407. The minimum absolute atomic E-state index is 0.00394. The lowest BCUT2D eigenvalue weighted by atomic mass is 10.2. The molecule has 0 bridgehead atoms. The maximum absolute atomic E-state index is 13.1. The number of nitrogens with two attached hydrogens (primary N) is 1. The molecule has 0 aliphatic carbocycles. The fourth-order valence-corrected chi connectivity index (χ4v) is 3.47. The van der Waals surface area contributed by atoms with Crippen molar-refractivity contribution in [2.24, 2.45) is 5.73 Å². The Labute approximate surface area is 193 Å². The summed E-state index contributed by atoms with van der Waals surface area (Å²) < 4.78 is 8.04. The lowest BCUT2D eigenvalue weighted by Gasteiger charge is -2.12. The number of hydrogen-bond acceptors (Lipinski definition) is 6. The van der Waals surface area contributed by atoms with Gasteiger partial charge >= 0.3 is 0 Å². The van der Waals surface area contributed by atoms with Crippen LogP contribution < -0.4 is 15.8 Å². The van der Waals surface area contributed by atoms with Crippen molar-refractivity contribution in [3.8, 4) is 5.88 Å². The van der Waals surface area contributed by atoms with Gasteiger partial charge in [-0.05, 0) is 53.6 Å². The third-order valence-electron chi connectivity index (χ3n) is 4.41. The summed E-state index contributed by atoms with van der Waals surface area (Å²) in [4.78, 5) is 33.7.